The monoisotopic (exact) mass is 307 g/mol. The molecule has 0 aliphatic heterocycles. The number of amides is 1. The summed E-state index contributed by atoms with van der Waals surface area (Å²) in [6.07, 6.45) is 0. The summed E-state index contributed by atoms with van der Waals surface area (Å²) in [5, 5.41) is 2.66. The molecule has 0 radical (unpaired) electrons. The van der Waals surface area contributed by atoms with Crippen LogP contribution in [-0.2, 0) is 0 Å². The molecule has 114 valence electrons. The molecule has 3 aromatic rings. The van der Waals surface area contributed by atoms with Crippen molar-refractivity contribution in [2.24, 2.45) is 0 Å². The van der Waals surface area contributed by atoms with Gasteiger partial charge in [-0.1, -0.05) is 36.4 Å². The zero-order valence-electron chi connectivity index (χ0n) is 12.2. The van der Waals surface area contributed by atoms with Gasteiger partial charge in [-0.2, -0.15) is 0 Å². The lowest BCUT2D eigenvalue weighted by molar-refractivity contribution is 0.102. The smallest absolute Gasteiger partial charge is 0.255 e. The zero-order chi connectivity index (χ0) is 16.1. The molecule has 3 aromatic carbocycles. The second-order valence-electron chi connectivity index (χ2n) is 4.88. The van der Waals surface area contributed by atoms with E-state index < -0.39 is 5.82 Å². The topological polar surface area (TPSA) is 38.3 Å². The summed E-state index contributed by atoms with van der Waals surface area (Å²) in [7, 11) is 0. The van der Waals surface area contributed by atoms with E-state index in [9.17, 15) is 9.18 Å². The van der Waals surface area contributed by atoms with Crippen LogP contribution in [0.3, 0.4) is 0 Å². The maximum Gasteiger partial charge on any atom is 0.255 e. The van der Waals surface area contributed by atoms with Crippen LogP contribution in [0.25, 0.3) is 0 Å². The van der Waals surface area contributed by atoms with Gasteiger partial charge in [0.1, 0.15) is 5.75 Å². The SMILES string of the molecule is O=C(Nc1ccc(Oc2ccccc2)c(F)c1)c1ccccc1. The average Bonchev–Trinajstić information content (AvgIpc) is 2.59. The lowest BCUT2D eigenvalue weighted by atomic mass is 10.2. The molecule has 3 nitrogen and oxygen atoms in total. The zero-order valence-corrected chi connectivity index (χ0v) is 12.2. The average molecular weight is 307 g/mol. The van der Waals surface area contributed by atoms with Crippen LogP contribution in [0.15, 0.2) is 78.9 Å². The van der Waals surface area contributed by atoms with Gasteiger partial charge in [-0.3, -0.25) is 4.79 Å². The fraction of sp³-hybridized carbons (Fsp3) is 0. The minimum absolute atomic E-state index is 0.105. The molecular formula is C19H14FNO2. The quantitative estimate of drug-likeness (QED) is 0.746. The standard InChI is InChI=1S/C19H14FNO2/c20-17-13-15(21-19(22)14-7-3-1-4-8-14)11-12-18(17)23-16-9-5-2-6-10-16/h1-13H,(H,21,22). The highest BCUT2D eigenvalue weighted by Gasteiger charge is 2.09. The van der Waals surface area contributed by atoms with E-state index in [1.54, 1.807) is 42.5 Å². The van der Waals surface area contributed by atoms with Gasteiger partial charge in [0.2, 0.25) is 0 Å². The van der Waals surface area contributed by atoms with Crippen LogP contribution < -0.4 is 10.1 Å². The molecule has 0 atom stereocenters. The van der Waals surface area contributed by atoms with E-state index in [0.29, 0.717) is 17.0 Å². The predicted octanol–water partition coefficient (Wildman–Crippen LogP) is 4.87. The van der Waals surface area contributed by atoms with Gasteiger partial charge >= 0.3 is 0 Å². The molecule has 0 heterocycles. The Bertz CT molecular complexity index is 804. The second-order valence-corrected chi connectivity index (χ2v) is 4.88. The van der Waals surface area contributed by atoms with Crippen LogP contribution >= 0.6 is 0 Å². The summed E-state index contributed by atoms with van der Waals surface area (Å²) in [6, 6.07) is 22.0. The van der Waals surface area contributed by atoms with Crippen molar-refractivity contribution in [3.63, 3.8) is 0 Å². The van der Waals surface area contributed by atoms with Crippen molar-refractivity contribution in [1.29, 1.82) is 0 Å². The van der Waals surface area contributed by atoms with Crippen molar-refractivity contribution in [2.45, 2.75) is 0 Å². The summed E-state index contributed by atoms with van der Waals surface area (Å²) in [5.74, 6) is -0.178. The highest BCUT2D eigenvalue weighted by molar-refractivity contribution is 6.04. The Morgan fingerprint density at radius 2 is 1.52 bits per heavy atom. The maximum atomic E-state index is 14.1. The first-order valence-electron chi connectivity index (χ1n) is 7.11. The number of hydrogen-bond acceptors (Lipinski definition) is 2. The van der Waals surface area contributed by atoms with Crippen molar-refractivity contribution in [3.8, 4) is 11.5 Å². The number of halogens is 1. The number of rotatable bonds is 4. The van der Waals surface area contributed by atoms with Gasteiger partial charge in [-0.15, -0.1) is 0 Å². The predicted molar refractivity (Wildman–Crippen MR) is 87.3 cm³/mol. The van der Waals surface area contributed by atoms with E-state index in [2.05, 4.69) is 5.32 Å². The van der Waals surface area contributed by atoms with Crippen molar-refractivity contribution < 1.29 is 13.9 Å². The van der Waals surface area contributed by atoms with Crippen LogP contribution in [0.5, 0.6) is 11.5 Å². The molecule has 0 bridgehead atoms. The number of carbonyl (C=O) groups excluding carboxylic acids is 1. The molecule has 3 rings (SSSR count). The molecule has 4 heteroatoms. The Balaban J connectivity index is 1.73. The third-order valence-electron chi connectivity index (χ3n) is 3.20. The summed E-state index contributed by atoms with van der Waals surface area (Å²) in [6.45, 7) is 0. The molecule has 0 saturated carbocycles. The fourth-order valence-corrected chi connectivity index (χ4v) is 2.07. The highest BCUT2D eigenvalue weighted by Crippen LogP contribution is 2.26. The van der Waals surface area contributed by atoms with Crippen molar-refractivity contribution in [2.75, 3.05) is 5.32 Å². The maximum absolute atomic E-state index is 14.1. The van der Waals surface area contributed by atoms with Crippen molar-refractivity contribution in [1.82, 2.24) is 0 Å². The number of para-hydroxylation sites is 1. The molecule has 0 fully saturated rings. The van der Waals surface area contributed by atoms with Gasteiger partial charge in [0.25, 0.3) is 5.91 Å². The largest absolute Gasteiger partial charge is 0.454 e. The Kier molecular flexibility index (Phi) is 4.34. The van der Waals surface area contributed by atoms with Gasteiger partial charge in [-0.25, -0.2) is 4.39 Å². The fourth-order valence-electron chi connectivity index (χ4n) is 2.07. The van der Waals surface area contributed by atoms with E-state index in [1.807, 2.05) is 24.3 Å². The molecule has 0 unspecified atom stereocenters. The number of hydrogen-bond donors (Lipinski definition) is 1. The normalized spacial score (nSPS) is 10.1. The molecular weight excluding hydrogens is 293 g/mol. The molecule has 1 amide bonds. The lowest BCUT2D eigenvalue weighted by Gasteiger charge is -2.09. The van der Waals surface area contributed by atoms with E-state index in [0.717, 1.165) is 0 Å². The third kappa shape index (κ3) is 3.74. The van der Waals surface area contributed by atoms with Crippen LogP contribution in [0, 0.1) is 5.82 Å². The van der Waals surface area contributed by atoms with Crippen LogP contribution in [0.2, 0.25) is 0 Å². The van der Waals surface area contributed by atoms with Gasteiger partial charge in [0.15, 0.2) is 11.6 Å². The van der Waals surface area contributed by atoms with Gasteiger partial charge < -0.3 is 10.1 Å². The molecule has 0 aliphatic rings. The second kappa shape index (κ2) is 6.75. The summed E-state index contributed by atoms with van der Waals surface area (Å²) in [4.78, 5) is 12.0. The first-order chi connectivity index (χ1) is 11.2. The first-order valence-corrected chi connectivity index (χ1v) is 7.11. The summed E-state index contributed by atoms with van der Waals surface area (Å²) < 4.78 is 19.6. The van der Waals surface area contributed by atoms with E-state index in [-0.39, 0.29) is 11.7 Å². The first kappa shape index (κ1) is 14.8. The lowest BCUT2D eigenvalue weighted by Crippen LogP contribution is -2.11. The van der Waals surface area contributed by atoms with Gasteiger partial charge in [0.05, 0.1) is 0 Å². The summed E-state index contributed by atoms with van der Waals surface area (Å²) in [5.41, 5.74) is 0.884. The number of carbonyl (C=O) groups is 1. The molecule has 1 N–H and O–H groups in total. The number of nitrogens with one attached hydrogen (secondary N) is 1. The molecule has 0 aromatic heterocycles. The third-order valence-corrected chi connectivity index (χ3v) is 3.20. The van der Waals surface area contributed by atoms with Crippen LogP contribution in [0.4, 0.5) is 10.1 Å². The summed E-state index contributed by atoms with van der Waals surface area (Å²) >= 11 is 0. The Hall–Kier alpha value is -3.14. The van der Waals surface area contributed by atoms with Crippen molar-refractivity contribution in [3.05, 3.63) is 90.2 Å². The number of anilines is 1. The van der Waals surface area contributed by atoms with E-state index >= 15 is 0 Å². The minimum atomic E-state index is -0.542. The Labute approximate surface area is 133 Å². The Morgan fingerprint density at radius 1 is 0.870 bits per heavy atom. The molecule has 23 heavy (non-hydrogen) atoms. The van der Waals surface area contributed by atoms with E-state index in [1.165, 1.54) is 12.1 Å². The van der Waals surface area contributed by atoms with Crippen LogP contribution in [-0.4, -0.2) is 5.91 Å². The number of benzene rings is 3. The highest BCUT2D eigenvalue weighted by atomic mass is 19.1. The van der Waals surface area contributed by atoms with Gasteiger partial charge in [0, 0.05) is 17.3 Å². The minimum Gasteiger partial charge on any atom is -0.454 e. The van der Waals surface area contributed by atoms with E-state index in [4.69, 9.17) is 4.74 Å². The Morgan fingerprint density at radius 3 is 2.17 bits per heavy atom. The van der Waals surface area contributed by atoms with Gasteiger partial charge in [-0.05, 0) is 36.4 Å². The molecule has 0 spiro atoms. The molecule has 0 aliphatic carbocycles. The van der Waals surface area contributed by atoms with Crippen molar-refractivity contribution >= 4 is 11.6 Å². The van der Waals surface area contributed by atoms with Crippen LogP contribution in [0.1, 0.15) is 10.4 Å². The molecule has 0 saturated heterocycles. The number of ether oxygens (including phenoxy) is 1.